The van der Waals surface area contributed by atoms with Gasteiger partial charge >= 0.3 is 0 Å². The number of rotatable bonds is 6. The number of hydrogen-bond donors (Lipinski definition) is 2. The Bertz CT molecular complexity index is 1020. The molecule has 0 radical (unpaired) electrons. The van der Waals surface area contributed by atoms with E-state index in [0.717, 1.165) is 12.1 Å². The van der Waals surface area contributed by atoms with Gasteiger partial charge in [-0.2, -0.15) is 0 Å². The van der Waals surface area contributed by atoms with E-state index in [4.69, 9.17) is 14.9 Å². The third-order valence-corrected chi connectivity index (χ3v) is 4.27. The van der Waals surface area contributed by atoms with E-state index in [1.54, 1.807) is 0 Å². The summed E-state index contributed by atoms with van der Waals surface area (Å²) in [5.74, 6) is -4.84. The summed E-state index contributed by atoms with van der Waals surface area (Å²) in [6, 6.07) is 7.15. The molecule has 0 aliphatic carbocycles. The highest BCUT2D eigenvalue weighted by Gasteiger charge is 2.26. The van der Waals surface area contributed by atoms with Crippen molar-refractivity contribution in [2.75, 3.05) is 6.61 Å². The van der Waals surface area contributed by atoms with Gasteiger partial charge in [0, 0.05) is 5.56 Å². The molecule has 1 aromatic heterocycles. The van der Waals surface area contributed by atoms with Crippen molar-refractivity contribution < 1.29 is 32.2 Å². The van der Waals surface area contributed by atoms with Crippen LogP contribution in [0.3, 0.4) is 0 Å². The van der Waals surface area contributed by atoms with Crippen molar-refractivity contribution in [2.45, 2.75) is 6.10 Å². The first-order valence-electron chi connectivity index (χ1n) is 7.79. The molecular formula is C18H12BrF3N2O4. The quantitative estimate of drug-likeness (QED) is 0.588. The molecule has 146 valence electrons. The molecular weight excluding hydrogens is 445 g/mol. The van der Waals surface area contributed by atoms with Crippen molar-refractivity contribution in [2.24, 2.45) is 5.73 Å². The van der Waals surface area contributed by atoms with Gasteiger partial charge in [0.1, 0.15) is 22.9 Å². The van der Waals surface area contributed by atoms with Gasteiger partial charge in [0.15, 0.2) is 22.3 Å². The van der Waals surface area contributed by atoms with E-state index in [2.05, 4.69) is 20.9 Å². The molecule has 1 atom stereocenters. The number of nitrogens with zero attached hydrogens (tertiary/aromatic N) is 1. The summed E-state index contributed by atoms with van der Waals surface area (Å²) in [7, 11) is 0. The molecule has 0 spiro atoms. The first-order chi connectivity index (χ1) is 13.3. The van der Waals surface area contributed by atoms with Gasteiger partial charge in [0.05, 0.1) is 6.61 Å². The van der Waals surface area contributed by atoms with E-state index in [1.165, 1.54) is 24.3 Å². The minimum absolute atomic E-state index is 0.127. The third-order valence-electron chi connectivity index (χ3n) is 3.73. The van der Waals surface area contributed by atoms with Crippen molar-refractivity contribution in [3.8, 4) is 17.0 Å². The van der Waals surface area contributed by atoms with Crippen LogP contribution in [0.25, 0.3) is 11.3 Å². The maximum atomic E-state index is 14.3. The molecule has 0 fully saturated rings. The molecule has 0 saturated carbocycles. The Morgan fingerprint density at radius 3 is 2.50 bits per heavy atom. The summed E-state index contributed by atoms with van der Waals surface area (Å²) < 4.78 is 51.9. The molecule has 0 bridgehead atoms. The van der Waals surface area contributed by atoms with Crippen LogP contribution in [0.2, 0.25) is 0 Å². The van der Waals surface area contributed by atoms with Gasteiger partial charge in [-0.15, -0.1) is 0 Å². The van der Waals surface area contributed by atoms with Crippen LogP contribution < -0.4 is 10.5 Å². The maximum absolute atomic E-state index is 14.3. The average molecular weight is 457 g/mol. The fraction of sp³-hybridized carbons (Fsp3) is 0.111. The van der Waals surface area contributed by atoms with E-state index < -0.39 is 47.4 Å². The van der Waals surface area contributed by atoms with Gasteiger partial charge in [0.25, 0.3) is 5.91 Å². The Balaban J connectivity index is 1.93. The summed E-state index contributed by atoms with van der Waals surface area (Å²) in [4.78, 5) is 15.4. The summed E-state index contributed by atoms with van der Waals surface area (Å²) >= 11 is 3.17. The first kappa shape index (κ1) is 19.9. The number of nitrogens with two attached hydrogens (primary N) is 1. The highest BCUT2D eigenvalue weighted by atomic mass is 79.9. The molecule has 10 heteroatoms. The minimum atomic E-state index is -1.31. The fourth-order valence-electron chi connectivity index (χ4n) is 2.41. The number of ether oxygens (including phenoxy) is 1. The second-order valence-electron chi connectivity index (χ2n) is 5.57. The lowest BCUT2D eigenvalue weighted by atomic mass is 10.1. The third kappa shape index (κ3) is 3.87. The SMILES string of the molecule is NC(=O)c1c(F)ccc(O[C@H](CO)c2nc(-c3ccc(F)cc3)c(Br)o2)c1F. The molecule has 3 aromatic rings. The van der Waals surface area contributed by atoms with Gasteiger partial charge in [-0.05, 0) is 52.3 Å². The number of carbonyl (C=O) groups excluding carboxylic acids is 1. The number of oxazole rings is 1. The topological polar surface area (TPSA) is 98.6 Å². The number of aliphatic hydroxyl groups is 1. The van der Waals surface area contributed by atoms with Gasteiger partial charge in [-0.3, -0.25) is 4.79 Å². The standard InChI is InChI=1S/C18H12BrF3N2O4/c19-16-15(8-1-3-9(20)4-2-8)24-18(28-16)12(7-25)27-11-6-5-10(21)13(14(11)22)17(23)26/h1-6,12,25H,7H2,(H2,23,26)/t12-/m1/s1. The minimum Gasteiger partial charge on any atom is -0.475 e. The Labute approximate surface area is 164 Å². The average Bonchev–Trinajstić information content (AvgIpc) is 3.03. The number of primary amides is 1. The zero-order valence-electron chi connectivity index (χ0n) is 14.0. The predicted octanol–water partition coefficient (Wildman–Crippen LogP) is 3.73. The van der Waals surface area contributed by atoms with Crippen LogP contribution >= 0.6 is 15.9 Å². The highest BCUT2D eigenvalue weighted by Crippen LogP contribution is 2.33. The summed E-state index contributed by atoms with van der Waals surface area (Å²) in [5, 5.41) is 9.59. The molecule has 1 heterocycles. The van der Waals surface area contributed by atoms with Crippen LogP contribution in [-0.4, -0.2) is 22.6 Å². The largest absolute Gasteiger partial charge is 0.475 e. The first-order valence-corrected chi connectivity index (χ1v) is 8.58. The number of aliphatic hydroxyl groups excluding tert-OH is 1. The lowest BCUT2D eigenvalue weighted by Gasteiger charge is -2.15. The second kappa shape index (κ2) is 8.03. The highest BCUT2D eigenvalue weighted by molar-refractivity contribution is 9.10. The van der Waals surface area contributed by atoms with Crippen molar-refractivity contribution in [1.29, 1.82) is 0 Å². The van der Waals surface area contributed by atoms with Gasteiger partial charge < -0.3 is 20.0 Å². The molecule has 3 rings (SSSR count). The van der Waals surface area contributed by atoms with E-state index >= 15 is 0 Å². The summed E-state index contributed by atoms with van der Waals surface area (Å²) in [5.41, 5.74) is 4.82. The lowest BCUT2D eigenvalue weighted by Crippen LogP contribution is -2.18. The number of hydrogen-bond acceptors (Lipinski definition) is 5. The molecule has 2 aromatic carbocycles. The smallest absolute Gasteiger partial charge is 0.254 e. The van der Waals surface area contributed by atoms with Crippen LogP contribution in [0.15, 0.2) is 45.5 Å². The molecule has 0 saturated heterocycles. The van der Waals surface area contributed by atoms with Gasteiger partial charge in [-0.1, -0.05) is 0 Å². The monoisotopic (exact) mass is 456 g/mol. The van der Waals surface area contributed by atoms with E-state index in [-0.39, 0.29) is 10.6 Å². The molecule has 3 N–H and O–H groups in total. The number of carbonyl (C=O) groups is 1. The van der Waals surface area contributed by atoms with Crippen LogP contribution in [-0.2, 0) is 0 Å². The van der Waals surface area contributed by atoms with E-state index in [0.29, 0.717) is 11.3 Å². The number of halogens is 4. The molecule has 0 aliphatic heterocycles. The van der Waals surface area contributed by atoms with Crippen LogP contribution in [0.1, 0.15) is 22.4 Å². The predicted molar refractivity (Wildman–Crippen MR) is 94.9 cm³/mol. The Hall–Kier alpha value is -2.85. The lowest BCUT2D eigenvalue weighted by molar-refractivity contribution is 0.0880. The zero-order chi connectivity index (χ0) is 20.4. The normalized spacial score (nSPS) is 12.0. The maximum Gasteiger partial charge on any atom is 0.254 e. The summed E-state index contributed by atoms with van der Waals surface area (Å²) in [6.45, 7) is -0.668. The van der Waals surface area contributed by atoms with Crippen molar-refractivity contribution >= 4 is 21.8 Å². The Morgan fingerprint density at radius 1 is 1.21 bits per heavy atom. The molecule has 6 nitrogen and oxygen atoms in total. The van der Waals surface area contributed by atoms with Crippen LogP contribution in [0.5, 0.6) is 5.75 Å². The molecule has 1 amide bonds. The van der Waals surface area contributed by atoms with Crippen molar-refractivity contribution in [3.05, 3.63) is 70.0 Å². The van der Waals surface area contributed by atoms with Gasteiger partial charge in [0.2, 0.25) is 5.89 Å². The number of aromatic nitrogens is 1. The van der Waals surface area contributed by atoms with Crippen molar-refractivity contribution in [1.82, 2.24) is 4.98 Å². The number of amides is 1. The van der Waals surface area contributed by atoms with Gasteiger partial charge in [-0.25, -0.2) is 18.2 Å². The molecule has 0 unspecified atom stereocenters. The number of benzene rings is 2. The summed E-state index contributed by atoms with van der Waals surface area (Å²) in [6.07, 6.45) is -1.27. The second-order valence-corrected chi connectivity index (χ2v) is 6.29. The Morgan fingerprint density at radius 2 is 1.89 bits per heavy atom. The Kier molecular flexibility index (Phi) is 5.71. The molecule has 0 aliphatic rings. The zero-order valence-corrected chi connectivity index (χ0v) is 15.5. The molecule has 28 heavy (non-hydrogen) atoms. The van der Waals surface area contributed by atoms with E-state index in [1.807, 2.05) is 0 Å². The van der Waals surface area contributed by atoms with Crippen LogP contribution in [0, 0.1) is 17.5 Å². The van der Waals surface area contributed by atoms with Crippen LogP contribution in [0.4, 0.5) is 13.2 Å². The van der Waals surface area contributed by atoms with Crippen molar-refractivity contribution in [3.63, 3.8) is 0 Å². The fourth-order valence-corrected chi connectivity index (χ4v) is 2.89. The van der Waals surface area contributed by atoms with E-state index in [9.17, 15) is 23.1 Å².